The maximum absolute atomic E-state index is 13.3. The lowest BCUT2D eigenvalue weighted by Crippen LogP contribution is -2.28. The summed E-state index contributed by atoms with van der Waals surface area (Å²) in [5.74, 6) is -5.41. The maximum atomic E-state index is 13.3. The minimum atomic E-state index is -5.49. The standard InChI is InChI=1S/C66H68N22O24S8/c67-57(89)21-25-71-113(93,94)45-9-1-5-37(29-45)77-61-83-62(78-38-6-2-10-46(30-38)114(95,96)72-26-22-58(68)90)86-65(85-61)81-43-15-19-51(55(35-43)119(107,108)109)75-41-13-17-49(53(33-41)117(101,102)103)50-18-14-42(34-54(50)118(104,105)106)76-52-20-16-44(36-56(52)120(110,111)112)82-66-87-63(79-39-7-3-11-47(31-39)115(97,98)73-27-23-59(69)91)84-64(88-66)80-40-8-4-12-48(32-40)116(99,100)74-28-24-60(70)92/h1-20,29-36,71-76H,21-28H2,(H2,67,89)(H2,68,90)(H2,69,91)(H2,70,92)(H,101,102,103)(H,104,105,106)(H,107,108,109)(H,110,111,112)(H3,77,78,81,83,85,86)(H3,79,80,82,84,87,88). The van der Waals surface area contributed by atoms with E-state index in [2.05, 4.69) is 91.3 Å². The van der Waals surface area contributed by atoms with Crippen molar-refractivity contribution in [3.8, 4) is 11.1 Å². The monoisotopic (exact) mass is 1810 g/mol. The van der Waals surface area contributed by atoms with Crippen LogP contribution in [0.3, 0.4) is 0 Å². The van der Waals surface area contributed by atoms with Crippen molar-refractivity contribution in [2.75, 3.05) is 68.7 Å². The quantitative estimate of drug-likeness (QED) is 0.0244. The van der Waals surface area contributed by atoms with Gasteiger partial charge < -0.3 is 65.5 Å². The number of nitrogens with zero attached hydrogens (tertiary/aromatic N) is 6. The average Bonchev–Trinajstić information content (AvgIpc) is 0.762. The molecule has 46 nitrogen and oxygen atoms in total. The summed E-state index contributed by atoms with van der Waals surface area (Å²) in [6.45, 7) is -1.36. The van der Waals surface area contributed by atoms with Crippen LogP contribution in [-0.4, -0.2) is 165 Å². The van der Waals surface area contributed by atoms with Crippen LogP contribution in [0.5, 0.6) is 0 Å². The highest BCUT2D eigenvalue weighted by Gasteiger charge is 2.29. The summed E-state index contributed by atoms with van der Waals surface area (Å²) >= 11 is 0. The number of aromatic nitrogens is 6. The summed E-state index contributed by atoms with van der Waals surface area (Å²) < 4.78 is 263. The van der Waals surface area contributed by atoms with Gasteiger partial charge in [-0.25, -0.2) is 52.6 Å². The van der Waals surface area contributed by atoms with Gasteiger partial charge in [-0.05, 0) is 133 Å². The first-order valence-corrected chi connectivity index (χ1v) is 45.5. The molecule has 634 valence electrons. The molecule has 0 aliphatic rings. The molecule has 54 heteroatoms. The van der Waals surface area contributed by atoms with Crippen molar-refractivity contribution < 1.29 is 105 Å². The lowest BCUT2D eigenvalue weighted by atomic mass is 10.0. The van der Waals surface area contributed by atoms with E-state index < -0.39 is 158 Å². The molecule has 0 aliphatic heterocycles. The van der Waals surface area contributed by atoms with E-state index in [1.807, 2.05) is 0 Å². The van der Waals surface area contributed by atoms with Crippen LogP contribution < -0.4 is 84.4 Å². The molecule has 0 bridgehead atoms. The number of rotatable bonds is 41. The Kier molecular flexibility index (Phi) is 27.4. The van der Waals surface area contributed by atoms with Crippen molar-refractivity contribution in [1.29, 1.82) is 0 Å². The lowest BCUT2D eigenvalue weighted by molar-refractivity contribution is -0.118. The Morgan fingerprint density at radius 3 is 0.675 bits per heavy atom. The third-order valence-corrected chi connectivity index (χ3v) is 25.3. The highest BCUT2D eigenvalue weighted by atomic mass is 32.2. The first-order valence-electron chi connectivity index (χ1n) is 33.8. The fourth-order valence-electron chi connectivity index (χ4n) is 10.6. The van der Waals surface area contributed by atoms with Crippen molar-refractivity contribution in [3.05, 3.63) is 170 Å². The lowest BCUT2D eigenvalue weighted by Gasteiger charge is -2.17. The summed E-state index contributed by atoms with van der Waals surface area (Å²) in [5.41, 5.74) is 17.3. The number of amides is 4. The molecule has 120 heavy (non-hydrogen) atoms. The normalized spacial score (nSPS) is 12.2. The Balaban J connectivity index is 0.932. The number of benzene rings is 8. The number of hydrogen-bond donors (Lipinski definition) is 20. The first kappa shape index (κ1) is 89.7. The molecule has 0 unspecified atom stereocenters. The van der Waals surface area contributed by atoms with Crippen molar-refractivity contribution in [3.63, 3.8) is 0 Å². The molecule has 0 aliphatic carbocycles. The van der Waals surface area contributed by atoms with E-state index in [4.69, 9.17) is 22.9 Å². The Hall–Kier alpha value is -12.7. The second kappa shape index (κ2) is 36.7. The molecular formula is C66H68N22O24S8. The van der Waals surface area contributed by atoms with E-state index in [0.29, 0.717) is 12.1 Å². The summed E-state index contributed by atoms with van der Waals surface area (Å²) in [6.07, 6.45) is -1.30. The average molecular weight is 1810 g/mol. The number of primary amides is 4. The third-order valence-electron chi connectivity index (χ3n) is 15.9. The second-order valence-corrected chi connectivity index (χ2v) is 37.6. The van der Waals surface area contributed by atoms with Crippen LogP contribution in [0, 0.1) is 0 Å². The smallest absolute Gasteiger partial charge is 0.296 e. The van der Waals surface area contributed by atoms with E-state index in [-0.39, 0.29) is 141 Å². The molecule has 2 aromatic heterocycles. The molecule has 0 atom stereocenters. The zero-order valence-electron chi connectivity index (χ0n) is 61.0. The molecule has 4 amide bonds. The van der Waals surface area contributed by atoms with E-state index in [1.54, 1.807) is 0 Å². The number of anilines is 16. The minimum Gasteiger partial charge on any atom is -0.370 e. The summed E-state index contributed by atoms with van der Waals surface area (Å²) in [7, 11) is -38.6. The highest BCUT2D eigenvalue weighted by Crippen LogP contribution is 2.40. The van der Waals surface area contributed by atoms with Gasteiger partial charge in [-0.15, -0.1) is 0 Å². The molecule has 0 saturated heterocycles. The predicted molar refractivity (Wildman–Crippen MR) is 432 cm³/mol. The minimum absolute atomic E-state index is 0.0370. The SMILES string of the molecule is NC(=O)CCNS(=O)(=O)c1cccc(Nc2nc(Nc3cccc(S(=O)(=O)NCCC(N)=O)c3)nc(Nc3ccc(Nc4ccc(-c5ccc(Nc6ccc(Nc7nc(Nc8cccc(S(=O)(=O)NCCC(N)=O)c8)nc(Nc8cccc(S(=O)(=O)NCCC(N)=O)c8)n7)cc6S(=O)(=O)O)cc5S(=O)(=O)O)c(S(=O)(=O)O)c4)c(S(=O)(=O)O)c3)n2)c1. The largest absolute Gasteiger partial charge is 0.370 e. The van der Waals surface area contributed by atoms with Gasteiger partial charge in [-0.3, -0.25) is 37.4 Å². The molecule has 8 aromatic carbocycles. The van der Waals surface area contributed by atoms with Crippen LogP contribution in [0.4, 0.5) is 92.6 Å². The van der Waals surface area contributed by atoms with Gasteiger partial charge in [-0.2, -0.15) is 63.6 Å². The van der Waals surface area contributed by atoms with Crippen molar-refractivity contribution >= 4 is 197 Å². The van der Waals surface area contributed by atoms with E-state index in [9.17, 15) is 105 Å². The molecule has 0 saturated carbocycles. The fraction of sp³-hybridized carbons (Fsp3) is 0.121. The molecule has 10 rings (SSSR count). The Bertz CT molecular complexity index is 6080. The van der Waals surface area contributed by atoms with E-state index in [0.717, 1.165) is 72.8 Å². The molecular weight excluding hydrogens is 1740 g/mol. The molecule has 0 spiro atoms. The Morgan fingerprint density at radius 1 is 0.258 bits per heavy atom. The highest BCUT2D eigenvalue weighted by molar-refractivity contribution is 7.90. The van der Waals surface area contributed by atoms with Crippen molar-refractivity contribution in [2.45, 2.75) is 64.8 Å². The fourth-order valence-corrected chi connectivity index (χ4v) is 17.7. The van der Waals surface area contributed by atoms with Gasteiger partial charge in [0.15, 0.2) is 0 Å². The van der Waals surface area contributed by atoms with E-state index >= 15 is 0 Å². The number of carbonyl (C=O) groups is 4. The van der Waals surface area contributed by atoms with Crippen molar-refractivity contribution in [2.24, 2.45) is 22.9 Å². The molecule has 2 heterocycles. The summed E-state index contributed by atoms with van der Waals surface area (Å²) in [4.78, 5) is 65.9. The molecule has 0 fully saturated rings. The van der Waals surface area contributed by atoms with Crippen LogP contribution in [0.15, 0.2) is 209 Å². The number of nitrogens with two attached hydrogens (primary N) is 4. The predicted octanol–water partition coefficient (Wildman–Crippen LogP) is 3.27. The molecule has 24 N–H and O–H groups in total. The van der Waals surface area contributed by atoms with Gasteiger partial charge >= 0.3 is 0 Å². The van der Waals surface area contributed by atoms with Crippen LogP contribution in [-0.2, 0) is 99.7 Å². The topological polar surface area (TPSA) is 748 Å². The van der Waals surface area contributed by atoms with Gasteiger partial charge in [-0.1, -0.05) is 36.4 Å². The van der Waals surface area contributed by atoms with E-state index in [1.165, 1.54) is 84.9 Å². The first-order chi connectivity index (χ1) is 56.1. The third kappa shape index (κ3) is 24.7. The second-order valence-electron chi connectivity index (χ2n) is 24.9. The Morgan fingerprint density at radius 2 is 0.458 bits per heavy atom. The van der Waals surface area contributed by atoms with Gasteiger partial charge in [0.25, 0.3) is 40.5 Å². The van der Waals surface area contributed by atoms with Crippen LogP contribution in [0.25, 0.3) is 11.1 Å². The van der Waals surface area contributed by atoms with Gasteiger partial charge in [0.1, 0.15) is 19.6 Å². The van der Waals surface area contributed by atoms with Crippen LogP contribution in [0.1, 0.15) is 25.7 Å². The maximum Gasteiger partial charge on any atom is 0.296 e. The zero-order chi connectivity index (χ0) is 87.5. The molecule has 0 radical (unpaired) electrons. The number of nitrogens with one attached hydrogen (secondary N) is 12. The van der Waals surface area contributed by atoms with Crippen LogP contribution >= 0.6 is 0 Å². The summed E-state index contributed by atoms with van der Waals surface area (Å²) in [5, 5.41) is 21.9. The van der Waals surface area contributed by atoms with Gasteiger partial charge in [0.05, 0.1) is 31.0 Å². The Labute approximate surface area is 683 Å². The molecule has 10 aromatic rings. The van der Waals surface area contributed by atoms with Gasteiger partial charge in [0, 0.05) is 108 Å². The number of hydrogen-bond acceptors (Lipinski definition) is 34. The van der Waals surface area contributed by atoms with Gasteiger partial charge in [0.2, 0.25) is 99.4 Å². The van der Waals surface area contributed by atoms with Crippen LogP contribution in [0.2, 0.25) is 0 Å². The van der Waals surface area contributed by atoms with Crippen molar-refractivity contribution in [1.82, 2.24) is 48.8 Å². The number of carbonyl (C=O) groups excluding carboxylic acids is 4. The summed E-state index contributed by atoms with van der Waals surface area (Å²) in [6, 6.07) is 31.9. The zero-order valence-corrected chi connectivity index (χ0v) is 67.6. The number of sulfonamides is 4.